The molecule has 1 aliphatic rings. The first kappa shape index (κ1) is 16.0. The van der Waals surface area contributed by atoms with Crippen LogP contribution in [-0.2, 0) is 12.1 Å². The number of rotatable bonds is 2. The van der Waals surface area contributed by atoms with Crippen molar-refractivity contribution in [2.75, 3.05) is 0 Å². The molecular formula is C16H27BrN2O. The first-order valence-electron chi connectivity index (χ1n) is 7.72. The number of nitrogens with zero attached hydrogens (tertiary/aromatic N) is 2. The van der Waals surface area contributed by atoms with E-state index < -0.39 is 5.60 Å². The summed E-state index contributed by atoms with van der Waals surface area (Å²) in [4.78, 5) is 0. The molecule has 0 spiro atoms. The summed E-state index contributed by atoms with van der Waals surface area (Å²) in [5.74, 6) is 0.688. The molecule has 2 unspecified atom stereocenters. The third kappa shape index (κ3) is 3.11. The molecule has 0 saturated heterocycles. The lowest BCUT2D eigenvalue weighted by Crippen LogP contribution is -2.29. The third-order valence-corrected chi connectivity index (χ3v) is 5.39. The van der Waals surface area contributed by atoms with Gasteiger partial charge in [0.25, 0.3) is 0 Å². The number of aliphatic hydroxyl groups is 1. The van der Waals surface area contributed by atoms with Crippen LogP contribution in [0.3, 0.4) is 0 Å². The molecule has 1 saturated carbocycles. The zero-order valence-corrected chi connectivity index (χ0v) is 14.7. The van der Waals surface area contributed by atoms with E-state index >= 15 is 0 Å². The van der Waals surface area contributed by atoms with Crippen molar-refractivity contribution in [2.45, 2.75) is 71.9 Å². The summed E-state index contributed by atoms with van der Waals surface area (Å²) in [5, 5.41) is 15.6. The maximum atomic E-state index is 11.2. The highest BCUT2D eigenvalue weighted by Gasteiger charge is 2.39. The van der Waals surface area contributed by atoms with Crippen molar-refractivity contribution in [1.29, 1.82) is 0 Å². The van der Waals surface area contributed by atoms with Crippen LogP contribution in [-0.4, -0.2) is 14.9 Å². The summed E-state index contributed by atoms with van der Waals surface area (Å²) >= 11 is 3.57. The second-order valence-electron chi connectivity index (χ2n) is 7.18. The summed E-state index contributed by atoms with van der Waals surface area (Å²) in [7, 11) is 0. The lowest BCUT2D eigenvalue weighted by molar-refractivity contribution is 0.00872. The Morgan fingerprint density at radius 2 is 2.10 bits per heavy atom. The van der Waals surface area contributed by atoms with E-state index in [1.54, 1.807) is 0 Å². The molecule has 114 valence electrons. The van der Waals surface area contributed by atoms with Crippen molar-refractivity contribution in [1.82, 2.24) is 9.78 Å². The zero-order chi connectivity index (χ0) is 15.0. The van der Waals surface area contributed by atoms with Crippen molar-refractivity contribution in [3.63, 3.8) is 0 Å². The van der Waals surface area contributed by atoms with Crippen LogP contribution in [0.15, 0.2) is 10.7 Å². The Bertz CT molecular complexity index is 464. The fourth-order valence-electron chi connectivity index (χ4n) is 3.49. The number of aryl methyl sites for hydroxylation is 1. The van der Waals surface area contributed by atoms with Gasteiger partial charge in [0.1, 0.15) is 5.60 Å². The lowest BCUT2D eigenvalue weighted by Gasteiger charge is -2.31. The number of hydrogen-bond acceptors (Lipinski definition) is 2. The van der Waals surface area contributed by atoms with E-state index in [4.69, 9.17) is 0 Å². The Balaban J connectivity index is 2.25. The molecule has 0 aliphatic heterocycles. The minimum atomic E-state index is -0.731. The quantitative estimate of drug-likeness (QED) is 0.804. The Morgan fingerprint density at radius 3 is 2.70 bits per heavy atom. The van der Waals surface area contributed by atoms with Gasteiger partial charge in [-0.25, -0.2) is 0 Å². The highest BCUT2D eigenvalue weighted by Crippen LogP contribution is 2.44. The molecule has 1 aromatic rings. The number of hydrogen-bond donors (Lipinski definition) is 1. The fourth-order valence-corrected chi connectivity index (χ4v) is 4.16. The van der Waals surface area contributed by atoms with E-state index in [2.05, 4.69) is 48.7 Å². The highest BCUT2D eigenvalue weighted by atomic mass is 79.9. The van der Waals surface area contributed by atoms with Crippen LogP contribution in [0.2, 0.25) is 0 Å². The van der Waals surface area contributed by atoms with Gasteiger partial charge in [-0.15, -0.1) is 0 Å². The third-order valence-electron chi connectivity index (χ3n) is 4.81. The SMILES string of the molecule is CCn1ncc(Br)c1C1(O)CCCC(C(C)(C)C)CC1. The van der Waals surface area contributed by atoms with E-state index in [0.29, 0.717) is 11.3 Å². The molecule has 3 nitrogen and oxygen atoms in total. The lowest BCUT2D eigenvalue weighted by atomic mass is 9.76. The second kappa shape index (κ2) is 5.80. The molecule has 1 heterocycles. The average molecular weight is 343 g/mol. The highest BCUT2D eigenvalue weighted by molar-refractivity contribution is 9.10. The van der Waals surface area contributed by atoms with E-state index in [1.807, 2.05) is 10.9 Å². The van der Waals surface area contributed by atoms with Gasteiger partial charge >= 0.3 is 0 Å². The van der Waals surface area contributed by atoms with Gasteiger partial charge in [0.05, 0.1) is 16.4 Å². The summed E-state index contributed by atoms with van der Waals surface area (Å²) in [6.45, 7) is 9.81. The molecule has 1 fully saturated rings. The maximum absolute atomic E-state index is 11.2. The van der Waals surface area contributed by atoms with Gasteiger partial charge in [0, 0.05) is 6.54 Å². The number of halogens is 1. The molecule has 20 heavy (non-hydrogen) atoms. The maximum Gasteiger partial charge on any atom is 0.107 e. The van der Waals surface area contributed by atoms with Crippen LogP contribution in [0.1, 0.15) is 65.5 Å². The molecule has 0 aromatic carbocycles. The first-order chi connectivity index (χ1) is 9.28. The van der Waals surface area contributed by atoms with Gasteiger partial charge in [0.15, 0.2) is 0 Å². The van der Waals surface area contributed by atoms with Gasteiger partial charge in [-0.1, -0.05) is 20.8 Å². The molecule has 0 bridgehead atoms. The standard InChI is InChI=1S/C16H27BrN2O/c1-5-19-14(13(17)11-18-19)16(20)9-6-7-12(8-10-16)15(2,3)4/h11-12,20H,5-10H2,1-4H3. The predicted octanol–water partition coefficient (Wildman–Crippen LogP) is 4.48. The Labute approximate surface area is 130 Å². The number of aromatic nitrogens is 2. The molecule has 1 aliphatic carbocycles. The smallest absolute Gasteiger partial charge is 0.107 e. The van der Waals surface area contributed by atoms with E-state index in [-0.39, 0.29) is 0 Å². The van der Waals surface area contributed by atoms with Gasteiger partial charge in [-0.05, 0) is 66.3 Å². The Kier molecular flexibility index (Phi) is 4.65. The van der Waals surface area contributed by atoms with Gasteiger partial charge in [-0.3, -0.25) is 4.68 Å². The van der Waals surface area contributed by atoms with Crippen molar-refractivity contribution >= 4 is 15.9 Å². The minimum absolute atomic E-state index is 0.327. The summed E-state index contributed by atoms with van der Waals surface area (Å²) < 4.78 is 2.87. The molecule has 4 heteroatoms. The average Bonchev–Trinajstić information content (AvgIpc) is 2.61. The molecule has 1 N–H and O–H groups in total. The van der Waals surface area contributed by atoms with Crippen LogP contribution in [0.4, 0.5) is 0 Å². The molecule has 0 amide bonds. The second-order valence-corrected chi connectivity index (χ2v) is 8.04. The largest absolute Gasteiger partial charge is 0.384 e. The minimum Gasteiger partial charge on any atom is -0.384 e. The molecule has 1 aromatic heterocycles. The van der Waals surface area contributed by atoms with E-state index in [9.17, 15) is 5.11 Å². The van der Waals surface area contributed by atoms with Crippen molar-refractivity contribution < 1.29 is 5.11 Å². The van der Waals surface area contributed by atoms with Crippen LogP contribution in [0.5, 0.6) is 0 Å². The molecule has 2 rings (SSSR count). The van der Waals surface area contributed by atoms with Crippen LogP contribution in [0, 0.1) is 11.3 Å². The van der Waals surface area contributed by atoms with Crippen LogP contribution >= 0.6 is 15.9 Å². The van der Waals surface area contributed by atoms with Crippen molar-refractivity contribution in [3.8, 4) is 0 Å². The van der Waals surface area contributed by atoms with Crippen LogP contribution < -0.4 is 0 Å². The monoisotopic (exact) mass is 342 g/mol. The summed E-state index contributed by atoms with van der Waals surface area (Å²) in [6.07, 6.45) is 6.86. The predicted molar refractivity (Wildman–Crippen MR) is 85.5 cm³/mol. The Morgan fingerprint density at radius 1 is 1.40 bits per heavy atom. The van der Waals surface area contributed by atoms with E-state index in [0.717, 1.165) is 42.4 Å². The topological polar surface area (TPSA) is 38.0 Å². The van der Waals surface area contributed by atoms with E-state index in [1.165, 1.54) is 6.42 Å². The van der Waals surface area contributed by atoms with Gasteiger partial charge < -0.3 is 5.11 Å². The van der Waals surface area contributed by atoms with Gasteiger partial charge in [-0.2, -0.15) is 5.10 Å². The van der Waals surface area contributed by atoms with Crippen molar-refractivity contribution in [3.05, 3.63) is 16.4 Å². The summed E-state index contributed by atoms with van der Waals surface area (Å²) in [6, 6.07) is 0. The van der Waals surface area contributed by atoms with Crippen LogP contribution in [0.25, 0.3) is 0 Å². The van der Waals surface area contributed by atoms with Crippen molar-refractivity contribution in [2.24, 2.45) is 11.3 Å². The molecule has 2 atom stereocenters. The first-order valence-corrected chi connectivity index (χ1v) is 8.51. The summed E-state index contributed by atoms with van der Waals surface area (Å²) in [5.41, 5.74) is 0.563. The normalized spacial score (nSPS) is 28.4. The fraction of sp³-hybridized carbons (Fsp3) is 0.812. The zero-order valence-electron chi connectivity index (χ0n) is 13.1. The molecule has 0 radical (unpaired) electrons. The van der Waals surface area contributed by atoms with Gasteiger partial charge in [0.2, 0.25) is 0 Å². The molecular weight excluding hydrogens is 316 g/mol. The Hall–Kier alpha value is -0.350.